The fraction of sp³-hybridized carbons (Fsp3) is 0.375. The molecule has 0 aliphatic rings. The van der Waals surface area contributed by atoms with Gasteiger partial charge < -0.3 is 5.32 Å². The Morgan fingerprint density at radius 1 is 1.58 bits per heavy atom. The second kappa shape index (κ2) is 3.67. The smallest absolute Gasteiger partial charge is 0.146 e. The van der Waals surface area contributed by atoms with E-state index >= 15 is 0 Å². The molecule has 0 saturated heterocycles. The lowest BCUT2D eigenvalue weighted by Gasteiger charge is -2.02. The maximum absolute atomic E-state index is 8.59. The van der Waals surface area contributed by atoms with E-state index in [2.05, 4.69) is 15.3 Å². The predicted molar refractivity (Wildman–Crippen MR) is 45.6 cm³/mol. The summed E-state index contributed by atoms with van der Waals surface area (Å²) in [5, 5.41) is 11.6. The number of aryl methyl sites for hydroxylation is 1. The van der Waals surface area contributed by atoms with Crippen LogP contribution in [0.5, 0.6) is 0 Å². The van der Waals surface area contributed by atoms with E-state index in [1.807, 2.05) is 13.0 Å². The fourth-order valence-corrected chi connectivity index (χ4v) is 0.897. The van der Waals surface area contributed by atoms with Crippen molar-refractivity contribution < 1.29 is 0 Å². The lowest BCUT2D eigenvalue weighted by Crippen LogP contribution is -2.02. The Bertz CT molecular complexity index is 313. The Labute approximate surface area is 71.3 Å². The highest BCUT2D eigenvalue weighted by Crippen LogP contribution is 2.04. The topological polar surface area (TPSA) is 61.6 Å². The Balaban J connectivity index is 3.00. The van der Waals surface area contributed by atoms with Gasteiger partial charge in [-0.3, -0.25) is 0 Å². The Kier molecular flexibility index (Phi) is 2.59. The van der Waals surface area contributed by atoms with E-state index in [0.29, 0.717) is 17.3 Å². The molecule has 1 heterocycles. The van der Waals surface area contributed by atoms with Crippen LogP contribution in [-0.2, 0) is 0 Å². The third-order valence-corrected chi connectivity index (χ3v) is 1.31. The Hall–Kier alpha value is -1.63. The molecule has 0 spiro atoms. The van der Waals surface area contributed by atoms with Gasteiger partial charge in [-0.2, -0.15) is 5.26 Å². The molecule has 4 heteroatoms. The van der Waals surface area contributed by atoms with E-state index in [9.17, 15) is 0 Å². The van der Waals surface area contributed by atoms with Crippen LogP contribution in [0, 0.1) is 18.3 Å². The van der Waals surface area contributed by atoms with Crippen molar-refractivity contribution in [3.05, 3.63) is 17.6 Å². The highest BCUT2D eigenvalue weighted by molar-refractivity contribution is 5.39. The number of nitrogens with one attached hydrogen (secondary N) is 1. The van der Waals surface area contributed by atoms with Crippen molar-refractivity contribution in [3.8, 4) is 6.07 Å². The molecule has 0 aromatic carbocycles. The third kappa shape index (κ3) is 1.92. The van der Waals surface area contributed by atoms with Gasteiger partial charge in [0.05, 0.1) is 0 Å². The number of aromatic nitrogens is 2. The number of rotatable bonds is 2. The first-order valence-corrected chi connectivity index (χ1v) is 3.76. The van der Waals surface area contributed by atoms with Crippen molar-refractivity contribution in [2.45, 2.75) is 13.8 Å². The first kappa shape index (κ1) is 8.47. The molecule has 12 heavy (non-hydrogen) atoms. The van der Waals surface area contributed by atoms with E-state index < -0.39 is 0 Å². The van der Waals surface area contributed by atoms with E-state index in [-0.39, 0.29) is 0 Å². The van der Waals surface area contributed by atoms with Crippen molar-refractivity contribution in [1.82, 2.24) is 9.97 Å². The van der Waals surface area contributed by atoms with Crippen LogP contribution >= 0.6 is 0 Å². The molecule has 0 atom stereocenters. The number of hydrogen-bond donors (Lipinski definition) is 1. The molecule has 0 radical (unpaired) electrons. The van der Waals surface area contributed by atoms with Gasteiger partial charge in [-0.15, -0.1) is 0 Å². The molecule has 1 aromatic rings. The standard InChI is InChI=1S/C8H10N4/c1-3-10-8-4-7(5-9)11-6(2)12-8/h4H,3H2,1-2H3,(H,10,11,12). The van der Waals surface area contributed by atoms with Gasteiger partial charge in [0.2, 0.25) is 0 Å². The molecule has 0 saturated carbocycles. The second-order valence-electron chi connectivity index (χ2n) is 2.33. The van der Waals surface area contributed by atoms with E-state index in [4.69, 9.17) is 5.26 Å². The second-order valence-corrected chi connectivity index (χ2v) is 2.33. The van der Waals surface area contributed by atoms with Crippen LogP contribution in [0.25, 0.3) is 0 Å². The maximum Gasteiger partial charge on any atom is 0.146 e. The quantitative estimate of drug-likeness (QED) is 0.707. The minimum Gasteiger partial charge on any atom is -0.370 e. The monoisotopic (exact) mass is 162 g/mol. The Morgan fingerprint density at radius 2 is 2.33 bits per heavy atom. The summed E-state index contributed by atoms with van der Waals surface area (Å²) in [6.45, 7) is 4.53. The molecule has 0 amide bonds. The molecule has 0 bridgehead atoms. The van der Waals surface area contributed by atoms with Crippen LogP contribution in [0.15, 0.2) is 6.07 Å². The first-order chi connectivity index (χ1) is 5.76. The summed E-state index contributed by atoms with van der Waals surface area (Å²) >= 11 is 0. The lowest BCUT2D eigenvalue weighted by atomic mass is 10.4. The van der Waals surface area contributed by atoms with Crippen LogP contribution in [0.4, 0.5) is 5.82 Å². The predicted octanol–water partition coefficient (Wildman–Crippen LogP) is 1.09. The molecule has 1 N–H and O–H groups in total. The molecule has 0 unspecified atom stereocenters. The van der Waals surface area contributed by atoms with Gasteiger partial charge in [0.15, 0.2) is 0 Å². The molecule has 1 aromatic heterocycles. The SMILES string of the molecule is CCNc1cc(C#N)nc(C)n1. The zero-order chi connectivity index (χ0) is 8.97. The normalized spacial score (nSPS) is 9.08. The van der Waals surface area contributed by atoms with Gasteiger partial charge in [-0.1, -0.05) is 0 Å². The first-order valence-electron chi connectivity index (χ1n) is 3.76. The molecule has 4 nitrogen and oxygen atoms in total. The van der Waals surface area contributed by atoms with E-state index in [0.717, 1.165) is 6.54 Å². The molecular formula is C8H10N4. The van der Waals surface area contributed by atoms with E-state index in [1.165, 1.54) is 0 Å². The van der Waals surface area contributed by atoms with Crippen molar-refractivity contribution in [2.75, 3.05) is 11.9 Å². The van der Waals surface area contributed by atoms with Gasteiger partial charge in [0, 0.05) is 12.6 Å². The van der Waals surface area contributed by atoms with Crippen molar-refractivity contribution in [2.24, 2.45) is 0 Å². The number of anilines is 1. The van der Waals surface area contributed by atoms with Crippen LogP contribution in [0.3, 0.4) is 0 Å². The highest BCUT2D eigenvalue weighted by Gasteiger charge is 1.98. The van der Waals surface area contributed by atoms with Crippen molar-refractivity contribution in [1.29, 1.82) is 5.26 Å². The van der Waals surface area contributed by atoms with Crippen LogP contribution in [-0.4, -0.2) is 16.5 Å². The summed E-state index contributed by atoms with van der Waals surface area (Å²) in [5.74, 6) is 1.33. The van der Waals surface area contributed by atoms with Crippen LogP contribution < -0.4 is 5.32 Å². The summed E-state index contributed by atoms with van der Waals surface area (Å²) in [4.78, 5) is 8.02. The van der Waals surface area contributed by atoms with Gasteiger partial charge in [0.1, 0.15) is 23.4 Å². The largest absolute Gasteiger partial charge is 0.370 e. The zero-order valence-corrected chi connectivity index (χ0v) is 7.13. The third-order valence-electron chi connectivity index (χ3n) is 1.31. The molecule has 62 valence electrons. The van der Waals surface area contributed by atoms with Crippen LogP contribution in [0.2, 0.25) is 0 Å². The molecular weight excluding hydrogens is 152 g/mol. The number of hydrogen-bond acceptors (Lipinski definition) is 4. The summed E-state index contributed by atoms with van der Waals surface area (Å²) in [7, 11) is 0. The van der Waals surface area contributed by atoms with Crippen molar-refractivity contribution in [3.63, 3.8) is 0 Å². The number of nitriles is 1. The highest BCUT2D eigenvalue weighted by atomic mass is 15.0. The summed E-state index contributed by atoms with van der Waals surface area (Å²) in [6, 6.07) is 3.61. The fourth-order valence-electron chi connectivity index (χ4n) is 0.897. The summed E-state index contributed by atoms with van der Waals surface area (Å²) in [5.41, 5.74) is 0.401. The lowest BCUT2D eigenvalue weighted by molar-refractivity contribution is 1.02. The average molecular weight is 162 g/mol. The van der Waals surface area contributed by atoms with Crippen molar-refractivity contribution >= 4 is 5.82 Å². The molecule has 0 fully saturated rings. The van der Waals surface area contributed by atoms with E-state index in [1.54, 1.807) is 13.0 Å². The summed E-state index contributed by atoms with van der Waals surface area (Å²) < 4.78 is 0. The van der Waals surface area contributed by atoms with Gasteiger partial charge in [-0.25, -0.2) is 9.97 Å². The molecule has 1 rings (SSSR count). The summed E-state index contributed by atoms with van der Waals surface area (Å²) in [6.07, 6.45) is 0. The van der Waals surface area contributed by atoms with Gasteiger partial charge in [0.25, 0.3) is 0 Å². The minimum absolute atomic E-state index is 0.401. The van der Waals surface area contributed by atoms with Gasteiger partial charge >= 0.3 is 0 Å². The average Bonchev–Trinajstić information content (AvgIpc) is 2.04. The van der Waals surface area contributed by atoms with Crippen LogP contribution in [0.1, 0.15) is 18.4 Å². The molecule has 0 aliphatic heterocycles. The maximum atomic E-state index is 8.59. The zero-order valence-electron chi connectivity index (χ0n) is 7.13. The minimum atomic E-state index is 0.401. The Morgan fingerprint density at radius 3 is 2.92 bits per heavy atom. The molecule has 0 aliphatic carbocycles. The van der Waals surface area contributed by atoms with Gasteiger partial charge in [-0.05, 0) is 13.8 Å². The number of nitrogens with zero attached hydrogens (tertiary/aromatic N) is 3.